The monoisotopic (exact) mass is 343 g/mol. The summed E-state index contributed by atoms with van der Waals surface area (Å²) in [5.74, 6) is 0.111. The van der Waals surface area contributed by atoms with Crippen molar-refractivity contribution in [3.05, 3.63) is 63.8 Å². The van der Waals surface area contributed by atoms with Crippen molar-refractivity contribution < 1.29 is 9.21 Å². The van der Waals surface area contributed by atoms with Crippen LogP contribution in [-0.4, -0.2) is 5.91 Å². The average Bonchev–Trinajstić information content (AvgIpc) is 2.79. The highest BCUT2D eigenvalue weighted by Gasteiger charge is 2.18. The molecule has 0 aliphatic heterocycles. The Kier molecular flexibility index (Phi) is 3.55. The lowest BCUT2D eigenvalue weighted by atomic mass is 10.1. The van der Waals surface area contributed by atoms with Gasteiger partial charge in [-0.2, -0.15) is 0 Å². The molecule has 3 nitrogen and oxygen atoms in total. The van der Waals surface area contributed by atoms with Gasteiger partial charge in [0.05, 0.1) is 5.69 Å². The molecule has 0 saturated heterocycles. The predicted molar refractivity (Wildman–Crippen MR) is 87.8 cm³/mol. The Hall–Kier alpha value is -2.07. The standard InChI is InChI=1S/C17H14BrNO2/c1-10-7-8-15-12(9-10)11(2)16(21-15)17(20)19-14-6-4-3-5-13(14)18/h3-9H,1-2H3,(H,19,20). The number of furan rings is 1. The van der Waals surface area contributed by atoms with Gasteiger partial charge in [0.1, 0.15) is 5.58 Å². The summed E-state index contributed by atoms with van der Waals surface area (Å²) >= 11 is 3.41. The van der Waals surface area contributed by atoms with Crippen molar-refractivity contribution in [2.45, 2.75) is 13.8 Å². The first-order chi connectivity index (χ1) is 10.1. The molecule has 1 amide bonds. The van der Waals surface area contributed by atoms with E-state index in [9.17, 15) is 4.79 Å². The van der Waals surface area contributed by atoms with Gasteiger partial charge in [-0.3, -0.25) is 4.79 Å². The van der Waals surface area contributed by atoms with Crippen LogP contribution in [0.3, 0.4) is 0 Å². The van der Waals surface area contributed by atoms with Crippen molar-refractivity contribution in [2.24, 2.45) is 0 Å². The van der Waals surface area contributed by atoms with Gasteiger partial charge in [0.2, 0.25) is 0 Å². The molecule has 1 aromatic heterocycles. The fraction of sp³-hybridized carbons (Fsp3) is 0.118. The molecule has 106 valence electrons. The number of amides is 1. The van der Waals surface area contributed by atoms with Gasteiger partial charge in [0.25, 0.3) is 5.91 Å². The molecular formula is C17H14BrNO2. The van der Waals surface area contributed by atoms with Crippen LogP contribution < -0.4 is 5.32 Å². The molecule has 0 atom stereocenters. The van der Waals surface area contributed by atoms with Crippen molar-refractivity contribution in [2.75, 3.05) is 5.32 Å². The third-order valence-corrected chi connectivity index (χ3v) is 4.11. The molecule has 0 saturated carbocycles. The largest absolute Gasteiger partial charge is 0.451 e. The summed E-state index contributed by atoms with van der Waals surface area (Å²) < 4.78 is 6.54. The lowest BCUT2D eigenvalue weighted by Crippen LogP contribution is -2.12. The molecule has 3 aromatic rings. The van der Waals surface area contributed by atoms with Crippen LogP contribution in [0.5, 0.6) is 0 Å². The Labute approximate surface area is 131 Å². The van der Waals surface area contributed by atoms with E-state index in [1.807, 2.05) is 56.3 Å². The number of fused-ring (bicyclic) bond motifs is 1. The second kappa shape index (κ2) is 5.37. The van der Waals surface area contributed by atoms with Gasteiger partial charge in [-0.15, -0.1) is 0 Å². The van der Waals surface area contributed by atoms with E-state index in [2.05, 4.69) is 21.2 Å². The summed E-state index contributed by atoms with van der Waals surface area (Å²) in [5, 5.41) is 3.84. The predicted octanol–water partition coefficient (Wildman–Crippen LogP) is 5.06. The maximum atomic E-state index is 12.4. The number of carbonyl (C=O) groups excluding carboxylic acids is 1. The summed E-state index contributed by atoms with van der Waals surface area (Å²) in [5.41, 5.74) is 3.45. The van der Waals surface area contributed by atoms with Gasteiger partial charge >= 0.3 is 0 Å². The summed E-state index contributed by atoms with van der Waals surface area (Å²) in [4.78, 5) is 12.4. The number of aryl methyl sites for hydroxylation is 2. The van der Waals surface area contributed by atoms with Crippen molar-refractivity contribution in [1.29, 1.82) is 0 Å². The zero-order valence-electron chi connectivity index (χ0n) is 11.7. The Bertz CT molecular complexity index is 836. The maximum Gasteiger partial charge on any atom is 0.291 e. The number of anilines is 1. The lowest BCUT2D eigenvalue weighted by Gasteiger charge is -2.05. The van der Waals surface area contributed by atoms with Crippen LogP contribution in [0.2, 0.25) is 0 Å². The molecule has 0 fully saturated rings. The topological polar surface area (TPSA) is 42.2 Å². The van der Waals surface area contributed by atoms with Gasteiger partial charge < -0.3 is 9.73 Å². The summed E-state index contributed by atoms with van der Waals surface area (Å²) in [6, 6.07) is 13.4. The molecule has 0 bridgehead atoms. The zero-order valence-corrected chi connectivity index (χ0v) is 13.3. The molecule has 0 unspecified atom stereocenters. The molecule has 21 heavy (non-hydrogen) atoms. The van der Waals surface area contributed by atoms with E-state index in [1.165, 1.54) is 0 Å². The minimum atomic E-state index is -0.242. The van der Waals surface area contributed by atoms with E-state index in [4.69, 9.17) is 4.42 Å². The number of nitrogens with one attached hydrogen (secondary N) is 1. The van der Waals surface area contributed by atoms with Crippen LogP contribution in [0.4, 0.5) is 5.69 Å². The van der Waals surface area contributed by atoms with Gasteiger partial charge in [0.15, 0.2) is 5.76 Å². The fourth-order valence-electron chi connectivity index (χ4n) is 2.29. The number of hydrogen-bond donors (Lipinski definition) is 1. The van der Waals surface area contributed by atoms with Crippen LogP contribution in [0.1, 0.15) is 21.7 Å². The number of hydrogen-bond acceptors (Lipinski definition) is 2. The van der Waals surface area contributed by atoms with Gasteiger partial charge in [0, 0.05) is 15.4 Å². The second-order valence-electron chi connectivity index (χ2n) is 4.99. The summed E-state index contributed by atoms with van der Waals surface area (Å²) in [6.07, 6.45) is 0. The Morgan fingerprint density at radius 2 is 1.90 bits per heavy atom. The highest BCUT2D eigenvalue weighted by atomic mass is 79.9. The second-order valence-corrected chi connectivity index (χ2v) is 5.84. The molecular weight excluding hydrogens is 330 g/mol. The molecule has 4 heteroatoms. The van der Waals surface area contributed by atoms with Crippen molar-refractivity contribution in [3.8, 4) is 0 Å². The van der Waals surface area contributed by atoms with Crippen molar-refractivity contribution in [3.63, 3.8) is 0 Å². The van der Waals surface area contributed by atoms with E-state index >= 15 is 0 Å². The number of benzene rings is 2. The molecule has 0 aliphatic rings. The normalized spacial score (nSPS) is 10.8. The molecule has 3 rings (SSSR count). The number of halogens is 1. The molecule has 0 radical (unpaired) electrons. The SMILES string of the molecule is Cc1ccc2oc(C(=O)Nc3ccccc3Br)c(C)c2c1. The van der Waals surface area contributed by atoms with Crippen molar-refractivity contribution >= 4 is 38.5 Å². The van der Waals surface area contributed by atoms with E-state index in [0.29, 0.717) is 5.76 Å². The smallest absolute Gasteiger partial charge is 0.291 e. The van der Waals surface area contributed by atoms with Crippen LogP contribution >= 0.6 is 15.9 Å². The Morgan fingerprint density at radius 3 is 2.67 bits per heavy atom. The zero-order chi connectivity index (χ0) is 15.0. The number of para-hydroxylation sites is 1. The van der Waals surface area contributed by atoms with E-state index in [0.717, 1.165) is 32.3 Å². The first-order valence-electron chi connectivity index (χ1n) is 6.62. The highest BCUT2D eigenvalue weighted by Crippen LogP contribution is 2.28. The van der Waals surface area contributed by atoms with E-state index < -0.39 is 0 Å². The summed E-state index contributed by atoms with van der Waals surface area (Å²) in [6.45, 7) is 3.92. The van der Waals surface area contributed by atoms with Crippen molar-refractivity contribution in [1.82, 2.24) is 0 Å². The minimum Gasteiger partial charge on any atom is -0.451 e. The third kappa shape index (κ3) is 2.59. The average molecular weight is 344 g/mol. The fourth-order valence-corrected chi connectivity index (χ4v) is 2.68. The van der Waals surface area contributed by atoms with Gasteiger partial charge in [-0.05, 0) is 54.0 Å². The van der Waals surface area contributed by atoms with Crippen LogP contribution in [0.25, 0.3) is 11.0 Å². The van der Waals surface area contributed by atoms with Gasteiger partial charge in [-0.1, -0.05) is 23.8 Å². The third-order valence-electron chi connectivity index (χ3n) is 3.42. The van der Waals surface area contributed by atoms with Gasteiger partial charge in [-0.25, -0.2) is 0 Å². The Balaban J connectivity index is 1.99. The highest BCUT2D eigenvalue weighted by molar-refractivity contribution is 9.10. The minimum absolute atomic E-state index is 0.242. The van der Waals surface area contributed by atoms with E-state index in [-0.39, 0.29) is 5.91 Å². The molecule has 0 aliphatic carbocycles. The van der Waals surface area contributed by atoms with E-state index in [1.54, 1.807) is 0 Å². The van der Waals surface area contributed by atoms with Crippen LogP contribution in [0, 0.1) is 13.8 Å². The Morgan fingerprint density at radius 1 is 1.14 bits per heavy atom. The number of carbonyl (C=O) groups is 1. The lowest BCUT2D eigenvalue weighted by molar-refractivity contribution is 0.0998. The van der Waals surface area contributed by atoms with Crippen LogP contribution in [0.15, 0.2) is 51.4 Å². The number of rotatable bonds is 2. The first-order valence-corrected chi connectivity index (χ1v) is 7.41. The maximum absolute atomic E-state index is 12.4. The molecule has 0 spiro atoms. The molecule has 1 N–H and O–H groups in total. The summed E-state index contributed by atoms with van der Waals surface area (Å²) in [7, 11) is 0. The first kappa shape index (κ1) is 13.9. The molecule has 2 aromatic carbocycles. The van der Waals surface area contributed by atoms with Crippen LogP contribution in [-0.2, 0) is 0 Å². The molecule has 1 heterocycles. The quantitative estimate of drug-likeness (QED) is 0.706.